The third-order valence-corrected chi connectivity index (χ3v) is 3.19. The Labute approximate surface area is 123 Å². The summed E-state index contributed by atoms with van der Waals surface area (Å²) in [5.74, 6) is 2.35. The Hall–Kier alpha value is -2.21. The van der Waals surface area contributed by atoms with Gasteiger partial charge >= 0.3 is 0 Å². The molecule has 0 atom stereocenters. The van der Waals surface area contributed by atoms with Crippen molar-refractivity contribution in [1.82, 2.24) is 15.1 Å². The number of rotatable bonds is 8. The van der Waals surface area contributed by atoms with E-state index in [4.69, 9.17) is 14.2 Å². The quantitative estimate of drug-likeness (QED) is 0.749. The average Bonchev–Trinajstić information content (AvgIpc) is 3.17. The second kappa shape index (κ2) is 6.99. The normalized spacial score (nSPS) is 12.6. The Morgan fingerprint density at radius 1 is 1.24 bits per heavy atom. The van der Waals surface area contributed by atoms with Gasteiger partial charge in [-0.05, 0) is 31.2 Å². The van der Waals surface area contributed by atoms with Crippen LogP contribution in [-0.4, -0.2) is 36.3 Å². The van der Waals surface area contributed by atoms with Crippen molar-refractivity contribution in [3.05, 3.63) is 36.7 Å². The summed E-state index contributed by atoms with van der Waals surface area (Å²) in [6.45, 7) is 3.68. The first-order valence-electron chi connectivity index (χ1n) is 7.12. The van der Waals surface area contributed by atoms with E-state index in [2.05, 4.69) is 10.4 Å². The molecule has 6 nitrogen and oxygen atoms in total. The van der Waals surface area contributed by atoms with Gasteiger partial charge in [-0.1, -0.05) is 0 Å². The van der Waals surface area contributed by atoms with Crippen molar-refractivity contribution in [2.45, 2.75) is 13.0 Å². The maximum absolute atomic E-state index is 5.69. The highest BCUT2D eigenvalue weighted by Gasteiger charge is 2.13. The van der Waals surface area contributed by atoms with Gasteiger partial charge in [-0.3, -0.25) is 4.68 Å². The lowest BCUT2D eigenvalue weighted by atomic mass is 10.3. The molecule has 0 aliphatic carbocycles. The van der Waals surface area contributed by atoms with Crippen LogP contribution in [0, 0.1) is 0 Å². The largest absolute Gasteiger partial charge is 0.493 e. The van der Waals surface area contributed by atoms with Crippen LogP contribution in [0.1, 0.15) is 6.42 Å². The van der Waals surface area contributed by atoms with E-state index in [9.17, 15) is 0 Å². The number of nitrogens with zero attached hydrogens (tertiary/aromatic N) is 2. The molecule has 1 aliphatic rings. The summed E-state index contributed by atoms with van der Waals surface area (Å²) in [5.41, 5.74) is 0. The molecule has 0 fully saturated rings. The molecule has 3 rings (SSSR count). The Kier molecular flexibility index (Phi) is 4.58. The predicted molar refractivity (Wildman–Crippen MR) is 77.8 cm³/mol. The molecule has 0 saturated carbocycles. The highest BCUT2D eigenvalue weighted by molar-refractivity contribution is 5.46. The number of hydrogen-bond donors (Lipinski definition) is 1. The van der Waals surface area contributed by atoms with Crippen molar-refractivity contribution in [2.75, 3.05) is 26.5 Å². The molecule has 1 aromatic heterocycles. The molecule has 6 heteroatoms. The zero-order chi connectivity index (χ0) is 14.3. The third kappa shape index (κ3) is 3.88. The van der Waals surface area contributed by atoms with Crippen LogP contribution in [0.15, 0.2) is 36.7 Å². The molecule has 0 saturated heterocycles. The van der Waals surface area contributed by atoms with Gasteiger partial charge < -0.3 is 19.5 Å². The van der Waals surface area contributed by atoms with Crippen LogP contribution < -0.4 is 19.5 Å². The van der Waals surface area contributed by atoms with Crippen LogP contribution >= 0.6 is 0 Å². The number of nitrogens with one attached hydrogen (secondary N) is 1. The Balaban J connectivity index is 1.28. The van der Waals surface area contributed by atoms with Crippen molar-refractivity contribution >= 4 is 0 Å². The Bertz CT molecular complexity index is 557. The zero-order valence-electron chi connectivity index (χ0n) is 11.8. The lowest BCUT2D eigenvalue weighted by molar-refractivity contribution is 0.173. The standard InChI is InChI=1S/C15H19N3O3/c1-6-17-18(8-1)9-7-16-5-2-10-19-13-3-4-14-15(11-13)21-12-20-14/h1,3-4,6,8,11,16H,2,5,7,9-10,12H2. The maximum atomic E-state index is 5.69. The topological polar surface area (TPSA) is 57.5 Å². The zero-order valence-corrected chi connectivity index (χ0v) is 11.8. The summed E-state index contributed by atoms with van der Waals surface area (Å²) in [6.07, 6.45) is 4.71. The monoisotopic (exact) mass is 289 g/mol. The number of benzene rings is 1. The highest BCUT2D eigenvalue weighted by Crippen LogP contribution is 2.34. The van der Waals surface area contributed by atoms with E-state index in [1.54, 1.807) is 6.20 Å². The second-order valence-corrected chi connectivity index (χ2v) is 4.74. The van der Waals surface area contributed by atoms with E-state index in [0.29, 0.717) is 13.4 Å². The maximum Gasteiger partial charge on any atom is 0.231 e. The van der Waals surface area contributed by atoms with Gasteiger partial charge in [0.1, 0.15) is 5.75 Å². The van der Waals surface area contributed by atoms with Crippen molar-refractivity contribution in [1.29, 1.82) is 0 Å². The van der Waals surface area contributed by atoms with Gasteiger partial charge in [0.05, 0.1) is 13.2 Å². The van der Waals surface area contributed by atoms with E-state index in [1.165, 1.54) is 0 Å². The fourth-order valence-corrected chi connectivity index (χ4v) is 2.11. The first-order valence-corrected chi connectivity index (χ1v) is 7.12. The number of fused-ring (bicyclic) bond motifs is 1. The van der Waals surface area contributed by atoms with Crippen LogP contribution in [0.5, 0.6) is 17.2 Å². The first-order chi connectivity index (χ1) is 10.4. The van der Waals surface area contributed by atoms with Crippen LogP contribution in [0.3, 0.4) is 0 Å². The van der Waals surface area contributed by atoms with Gasteiger partial charge in [0.25, 0.3) is 0 Å². The lowest BCUT2D eigenvalue weighted by Gasteiger charge is -2.08. The van der Waals surface area contributed by atoms with Crippen LogP contribution in [-0.2, 0) is 6.54 Å². The average molecular weight is 289 g/mol. The Morgan fingerprint density at radius 3 is 3.10 bits per heavy atom. The molecule has 0 unspecified atom stereocenters. The van der Waals surface area contributed by atoms with Gasteiger partial charge in [0.15, 0.2) is 11.5 Å². The summed E-state index contributed by atoms with van der Waals surface area (Å²) in [4.78, 5) is 0. The van der Waals surface area contributed by atoms with Gasteiger partial charge in [0, 0.05) is 25.0 Å². The molecule has 1 aliphatic heterocycles. The van der Waals surface area contributed by atoms with E-state index >= 15 is 0 Å². The van der Waals surface area contributed by atoms with Crippen molar-refractivity contribution in [3.63, 3.8) is 0 Å². The first kappa shape index (κ1) is 13.8. The molecule has 112 valence electrons. The predicted octanol–water partition coefficient (Wildman–Crippen LogP) is 1.67. The summed E-state index contributed by atoms with van der Waals surface area (Å²) < 4.78 is 18.2. The second-order valence-electron chi connectivity index (χ2n) is 4.74. The van der Waals surface area contributed by atoms with E-state index in [1.807, 2.05) is 35.1 Å². The molecule has 21 heavy (non-hydrogen) atoms. The fourth-order valence-electron chi connectivity index (χ4n) is 2.11. The molecule has 2 aromatic rings. The molecule has 2 heterocycles. The lowest BCUT2D eigenvalue weighted by Crippen LogP contribution is -2.22. The minimum absolute atomic E-state index is 0.291. The minimum Gasteiger partial charge on any atom is -0.493 e. The highest BCUT2D eigenvalue weighted by atomic mass is 16.7. The Morgan fingerprint density at radius 2 is 2.19 bits per heavy atom. The molecule has 0 spiro atoms. The van der Waals surface area contributed by atoms with Gasteiger partial charge in [-0.15, -0.1) is 0 Å². The van der Waals surface area contributed by atoms with E-state index < -0.39 is 0 Å². The third-order valence-electron chi connectivity index (χ3n) is 3.19. The summed E-state index contributed by atoms with van der Waals surface area (Å²) in [5, 5.41) is 7.51. The molecule has 1 aromatic carbocycles. The molecular weight excluding hydrogens is 270 g/mol. The fraction of sp³-hybridized carbons (Fsp3) is 0.400. The van der Waals surface area contributed by atoms with Crippen molar-refractivity contribution in [3.8, 4) is 17.2 Å². The van der Waals surface area contributed by atoms with Gasteiger partial charge in [0.2, 0.25) is 6.79 Å². The smallest absolute Gasteiger partial charge is 0.231 e. The SMILES string of the molecule is c1cnn(CCNCCCOc2ccc3c(c2)OCO3)c1. The molecule has 0 radical (unpaired) electrons. The van der Waals surface area contributed by atoms with E-state index in [0.717, 1.165) is 43.3 Å². The molecule has 1 N–H and O–H groups in total. The van der Waals surface area contributed by atoms with Crippen molar-refractivity contribution < 1.29 is 14.2 Å². The summed E-state index contributed by atoms with van der Waals surface area (Å²) in [7, 11) is 0. The summed E-state index contributed by atoms with van der Waals surface area (Å²) in [6, 6.07) is 7.57. The minimum atomic E-state index is 0.291. The number of ether oxygens (including phenoxy) is 3. The summed E-state index contributed by atoms with van der Waals surface area (Å²) >= 11 is 0. The van der Waals surface area contributed by atoms with Crippen LogP contribution in [0.2, 0.25) is 0 Å². The molecule has 0 bridgehead atoms. The van der Waals surface area contributed by atoms with Crippen molar-refractivity contribution in [2.24, 2.45) is 0 Å². The molecular formula is C15H19N3O3. The number of aromatic nitrogens is 2. The molecule has 0 amide bonds. The van der Waals surface area contributed by atoms with Crippen LogP contribution in [0.25, 0.3) is 0 Å². The van der Waals surface area contributed by atoms with Gasteiger partial charge in [-0.25, -0.2) is 0 Å². The van der Waals surface area contributed by atoms with E-state index in [-0.39, 0.29) is 0 Å². The number of hydrogen-bond acceptors (Lipinski definition) is 5. The van der Waals surface area contributed by atoms with Crippen LogP contribution in [0.4, 0.5) is 0 Å². The van der Waals surface area contributed by atoms with Gasteiger partial charge in [-0.2, -0.15) is 5.10 Å².